The third kappa shape index (κ3) is 3.56. The smallest absolute Gasteiger partial charge is 0.0636 e. The van der Waals surface area contributed by atoms with Gasteiger partial charge in [0.15, 0.2) is 0 Å². The Labute approximate surface area is 87.5 Å². The van der Waals surface area contributed by atoms with Crippen molar-refractivity contribution in [2.24, 2.45) is 5.92 Å². The van der Waals surface area contributed by atoms with Crippen LogP contribution in [0, 0.1) is 5.92 Å². The average Bonchev–Trinajstić information content (AvgIpc) is 2.15. The van der Waals surface area contributed by atoms with Gasteiger partial charge >= 0.3 is 0 Å². The number of likely N-dealkylation sites (tertiary alicyclic amines) is 1. The molecule has 0 bridgehead atoms. The van der Waals surface area contributed by atoms with Gasteiger partial charge in [0.1, 0.15) is 0 Å². The highest BCUT2D eigenvalue weighted by Gasteiger charge is 2.24. The molecule has 84 valence electrons. The molecule has 0 aromatic heterocycles. The first-order valence-corrected chi connectivity index (χ1v) is 5.77. The maximum atomic E-state index is 9.19. The number of aliphatic hydroxyl groups excluding tert-OH is 1. The molecule has 2 N–H and O–H groups in total. The van der Waals surface area contributed by atoms with E-state index in [2.05, 4.69) is 24.1 Å². The van der Waals surface area contributed by atoms with Gasteiger partial charge in [0.25, 0.3) is 0 Å². The predicted molar refractivity (Wildman–Crippen MR) is 59.4 cm³/mol. The summed E-state index contributed by atoms with van der Waals surface area (Å²) in [6, 6.07) is 0.590. The lowest BCUT2D eigenvalue weighted by Crippen LogP contribution is -2.49. The number of rotatable bonds is 4. The van der Waals surface area contributed by atoms with Crippen LogP contribution < -0.4 is 5.32 Å². The normalized spacial score (nSPS) is 31.7. The summed E-state index contributed by atoms with van der Waals surface area (Å²) in [6.45, 7) is 10.6. The van der Waals surface area contributed by atoms with Crippen LogP contribution in [0.25, 0.3) is 0 Å². The summed E-state index contributed by atoms with van der Waals surface area (Å²) in [4.78, 5) is 2.49. The first-order chi connectivity index (χ1) is 6.63. The molecule has 3 nitrogen and oxygen atoms in total. The minimum absolute atomic E-state index is 0.230. The van der Waals surface area contributed by atoms with Gasteiger partial charge < -0.3 is 15.3 Å². The van der Waals surface area contributed by atoms with Crippen LogP contribution in [-0.2, 0) is 0 Å². The summed E-state index contributed by atoms with van der Waals surface area (Å²) >= 11 is 0. The zero-order valence-electron chi connectivity index (χ0n) is 9.66. The van der Waals surface area contributed by atoms with Gasteiger partial charge in [0.2, 0.25) is 0 Å². The average molecular weight is 200 g/mol. The quantitative estimate of drug-likeness (QED) is 0.701. The van der Waals surface area contributed by atoms with E-state index < -0.39 is 0 Å². The molecule has 0 radical (unpaired) electrons. The molecular formula is C11H24N2O. The monoisotopic (exact) mass is 200 g/mol. The molecule has 0 amide bonds. The molecule has 1 heterocycles. The molecule has 1 rings (SSSR count). The highest BCUT2D eigenvalue weighted by atomic mass is 16.3. The number of hydrogen-bond donors (Lipinski definition) is 2. The van der Waals surface area contributed by atoms with Crippen LogP contribution in [-0.4, -0.2) is 48.3 Å². The maximum absolute atomic E-state index is 9.19. The van der Waals surface area contributed by atoms with E-state index in [-0.39, 0.29) is 6.10 Å². The Balaban J connectivity index is 2.27. The van der Waals surface area contributed by atoms with Crippen molar-refractivity contribution in [1.82, 2.24) is 10.2 Å². The van der Waals surface area contributed by atoms with E-state index >= 15 is 0 Å². The topological polar surface area (TPSA) is 35.5 Å². The predicted octanol–water partition coefficient (Wildman–Crippen LogP) is 0.687. The molecule has 3 heteroatoms. The van der Waals surface area contributed by atoms with Crippen molar-refractivity contribution >= 4 is 0 Å². The van der Waals surface area contributed by atoms with E-state index in [1.807, 2.05) is 6.92 Å². The molecule has 1 fully saturated rings. The maximum Gasteiger partial charge on any atom is 0.0636 e. The van der Waals surface area contributed by atoms with Gasteiger partial charge in [-0.05, 0) is 32.4 Å². The first kappa shape index (κ1) is 12.0. The highest BCUT2D eigenvalue weighted by Crippen LogP contribution is 2.16. The van der Waals surface area contributed by atoms with Gasteiger partial charge in [-0.2, -0.15) is 0 Å². The van der Waals surface area contributed by atoms with Gasteiger partial charge in [0.05, 0.1) is 6.10 Å². The third-order valence-electron chi connectivity index (χ3n) is 3.11. The Kier molecular flexibility index (Phi) is 4.85. The van der Waals surface area contributed by atoms with Gasteiger partial charge in [0, 0.05) is 19.1 Å². The van der Waals surface area contributed by atoms with E-state index in [9.17, 15) is 5.11 Å². The summed E-state index contributed by atoms with van der Waals surface area (Å²) in [6.07, 6.45) is 0.980. The lowest BCUT2D eigenvalue weighted by molar-refractivity contribution is 0.133. The molecule has 1 aliphatic heterocycles. The van der Waals surface area contributed by atoms with Crippen molar-refractivity contribution in [3.63, 3.8) is 0 Å². The fraction of sp³-hybridized carbons (Fsp3) is 1.00. The SMILES string of the molecule is CCN1CCC(NCC(C)O)C(C)C1. The summed E-state index contributed by atoms with van der Waals surface area (Å²) in [5, 5.41) is 12.6. The van der Waals surface area contributed by atoms with Gasteiger partial charge in [-0.15, -0.1) is 0 Å². The number of piperidine rings is 1. The summed E-state index contributed by atoms with van der Waals surface area (Å²) in [5.41, 5.74) is 0. The van der Waals surface area contributed by atoms with Gasteiger partial charge in [-0.1, -0.05) is 13.8 Å². The zero-order valence-corrected chi connectivity index (χ0v) is 9.66. The van der Waals surface area contributed by atoms with Crippen molar-refractivity contribution in [3.8, 4) is 0 Å². The fourth-order valence-corrected chi connectivity index (χ4v) is 2.14. The van der Waals surface area contributed by atoms with Crippen molar-refractivity contribution in [3.05, 3.63) is 0 Å². The fourth-order valence-electron chi connectivity index (χ4n) is 2.14. The van der Waals surface area contributed by atoms with Crippen LogP contribution in [0.15, 0.2) is 0 Å². The lowest BCUT2D eigenvalue weighted by atomic mass is 9.94. The molecule has 0 saturated carbocycles. The summed E-state index contributed by atoms with van der Waals surface area (Å²) < 4.78 is 0. The number of hydrogen-bond acceptors (Lipinski definition) is 3. The zero-order chi connectivity index (χ0) is 10.6. The number of aliphatic hydroxyl groups is 1. The second-order valence-electron chi connectivity index (χ2n) is 4.52. The summed E-state index contributed by atoms with van der Waals surface area (Å²) in [7, 11) is 0. The molecule has 0 spiro atoms. The van der Waals surface area contributed by atoms with Crippen LogP contribution in [0.3, 0.4) is 0 Å². The highest BCUT2D eigenvalue weighted by molar-refractivity contribution is 4.82. The largest absolute Gasteiger partial charge is 0.392 e. The molecule has 14 heavy (non-hydrogen) atoms. The molecule has 0 aliphatic carbocycles. The Morgan fingerprint density at radius 1 is 1.57 bits per heavy atom. The van der Waals surface area contributed by atoms with E-state index in [1.165, 1.54) is 19.5 Å². The standard InChI is InChI=1S/C11H24N2O/c1-4-13-6-5-11(9(2)8-13)12-7-10(3)14/h9-12,14H,4-8H2,1-3H3. The van der Waals surface area contributed by atoms with Crippen molar-refractivity contribution in [2.45, 2.75) is 39.3 Å². The van der Waals surface area contributed by atoms with E-state index in [4.69, 9.17) is 0 Å². The minimum atomic E-state index is -0.230. The third-order valence-corrected chi connectivity index (χ3v) is 3.11. The van der Waals surface area contributed by atoms with Crippen molar-refractivity contribution < 1.29 is 5.11 Å². The van der Waals surface area contributed by atoms with Crippen molar-refractivity contribution in [1.29, 1.82) is 0 Å². The molecule has 3 atom stereocenters. The molecule has 1 saturated heterocycles. The number of nitrogens with zero attached hydrogens (tertiary/aromatic N) is 1. The van der Waals surface area contributed by atoms with E-state index in [0.717, 1.165) is 13.1 Å². The molecule has 0 aromatic rings. The van der Waals surface area contributed by atoms with Gasteiger partial charge in [-0.3, -0.25) is 0 Å². The van der Waals surface area contributed by atoms with Crippen LogP contribution in [0.4, 0.5) is 0 Å². The second-order valence-corrected chi connectivity index (χ2v) is 4.52. The van der Waals surface area contributed by atoms with Crippen LogP contribution in [0.2, 0.25) is 0 Å². The van der Waals surface area contributed by atoms with Crippen LogP contribution >= 0.6 is 0 Å². The van der Waals surface area contributed by atoms with Gasteiger partial charge in [-0.25, -0.2) is 0 Å². The van der Waals surface area contributed by atoms with Crippen LogP contribution in [0.5, 0.6) is 0 Å². The number of nitrogens with one attached hydrogen (secondary N) is 1. The molecule has 3 unspecified atom stereocenters. The Morgan fingerprint density at radius 2 is 2.29 bits per heavy atom. The minimum Gasteiger partial charge on any atom is -0.392 e. The molecular weight excluding hydrogens is 176 g/mol. The lowest BCUT2D eigenvalue weighted by Gasteiger charge is -2.37. The van der Waals surface area contributed by atoms with E-state index in [0.29, 0.717) is 12.0 Å². The first-order valence-electron chi connectivity index (χ1n) is 5.77. The van der Waals surface area contributed by atoms with E-state index in [1.54, 1.807) is 0 Å². The summed E-state index contributed by atoms with van der Waals surface area (Å²) in [5.74, 6) is 0.697. The van der Waals surface area contributed by atoms with Crippen LogP contribution in [0.1, 0.15) is 27.2 Å². The Hall–Kier alpha value is -0.120. The Bertz CT molecular complexity index is 161. The van der Waals surface area contributed by atoms with Crippen molar-refractivity contribution in [2.75, 3.05) is 26.2 Å². The molecule has 1 aliphatic rings. The Morgan fingerprint density at radius 3 is 2.79 bits per heavy atom. The molecule has 0 aromatic carbocycles. The second kappa shape index (κ2) is 5.69.